The van der Waals surface area contributed by atoms with Gasteiger partial charge in [-0.15, -0.1) is 0 Å². The Kier molecular flexibility index (Phi) is 7.97. The summed E-state index contributed by atoms with van der Waals surface area (Å²) in [5, 5.41) is 12.9. The number of amides is 1. The SMILES string of the molecule is C=C(O)CC1(CNC(=O)c2cnc3c(c2)CN(Cc2ccc(C(F)(F)F)cc2)[C@H]3C(C)C)CCCCC1. The van der Waals surface area contributed by atoms with Gasteiger partial charge >= 0.3 is 6.18 Å². The maximum absolute atomic E-state index is 13.1. The number of hydrogen-bond donors (Lipinski definition) is 2. The lowest BCUT2D eigenvalue weighted by atomic mass is 9.71. The number of aliphatic hydroxyl groups is 1. The fourth-order valence-electron chi connectivity index (χ4n) is 5.97. The molecular formula is C29H36F3N3O2. The van der Waals surface area contributed by atoms with Gasteiger partial charge in [-0.1, -0.05) is 51.8 Å². The Hall–Kier alpha value is -2.87. The number of rotatable bonds is 8. The van der Waals surface area contributed by atoms with Crippen molar-refractivity contribution in [2.24, 2.45) is 11.3 Å². The van der Waals surface area contributed by atoms with Crippen LogP contribution in [0.15, 0.2) is 48.9 Å². The van der Waals surface area contributed by atoms with Gasteiger partial charge in [0.05, 0.1) is 28.6 Å². The zero-order chi connectivity index (χ0) is 26.8. The molecule has 1 amide bonds. The van der Waals surface area contributed by atoms with E-state index in [9.17, 15) is 23.1 Å². The molecule has 200 valence electrons. The van der Waals surface area contributed by atoms with Crippen LogP contribution in [-0.4, -0.2) is 27.4 Å². The van der Waals surface area contributed by atoms with E-state index in [0.29, 0.717) is 31.6 Å². The van der Waals surface area contributed by atoms with Crippen molar-refractivity contribution in [1.82, 2.24) is 15.2 Å². The lowest BCUT2D eigenvalue weighted by Crippen LogP contribution is -2.39. The van der Waals surface area contributed by atoms with Gasteiger partial charge in [-0.2, -0.15) is 13.2 Å². The lowest BCUT2D eigenvalue weighted by molar-refractivity contribution is -0.137. The second kappa shape index (κ2) is 10.9. The Morgan fingerprint density at radius 1 is 1.22 bits per heavy atom. The Morgan fingerprint density at radius 3 is 2.49 bits per heavy atom. The molecule has 0 radical (unpaired) electrons. The Morgan fingerprint density at radius 2 is 1.89 bits per heavy atom. The normalized spacial score (nSPS) is 19.6. The highest BCUT2D eigenvalue weighted by Gasteiger charge is 2.36. The summed E-state index contributed by atoms with van der Waals surface area (Å²) in [6.45, 7) is 9.41. The molecule has 1 aliphatic carbocycles. The zero-order valence-corrected chi connectivity index (χ0v) is 21.6. The van der Waals surface area contributed by atoms with E-state index in [1.54, 1.807) is 6.20 Å². The lowest BCUT2D eigenvalue weighted by Gasteiger charge is -2.37. The highest BCUT2D eigenvalue weighted by molar-refractivity contribution is 5.94. The molecule has 2 aromatic rings. The molecule has 1 aliphatic heterocycles. The van der Waals surface area contributed by atoms with Crippen LogP contribution in [0.5, 0.6) is 0 Å². The number of allylic oxidation sites excluding steroid dienone is 1. The number of nitrogens with one attached hydrogen (secondary N) is 1. The summed E-state index contributed by atoms with van der Waals surface area (Å²) < 4.78 is 38.8. The van der Waals surface area contributed by atoms with Gasteiger partial charge in [0.2, 0.25) is 0 Å². The first-order valence-electron chi connectivity index (χ1n) is 13.0. The number of alkyl halides is 3. The van der Waals surface area contributed by atoms with E-state index >= 15 is 0 Å². The van der Waals surface area contributed by atoms with Crippen LogP contribution < -0.4 is 5.32 Å². The second-order valence-corrected chi connectivity index (χ2v) is 11.0. The highest BCUT2D eigenvalue weighted by Crippen LogP contribution is 2.41. The number of fused-ring (bicyclic) bond motifs is 1. The number of carbonyl (C=O) groups is 1. The third-order valence-electron chi connectivity index (χ3n) is 7.73. The smallest absolute Gasteiger partial charge is 0.416 e. The summed E-state index contributed by atoms with van der Waals surface area (Å²) in [5.74, 6) is 0.204. The quantitative estimate of drug-likeness (QED) is 0.373. The molecule has 2 heterocycles. The number of hydrogen-bond acceptors (Lipinski definition) is 4. The first-order valence-corrected chi connectivity index (χ1v) is 13.0. The van der Waals surface area contributed by atoms with Crippen molar-refractivity contribution in [3.8, 4) is 0 Å². The van der Waals surface area contributed by atoms with Crippen molar-refractivity contribution < 1.29 is 23.1 Å². The third kappa shape index (κ3) is 6.35. The molecule has 2 aliphatic rings. The van der Waals surface area contributed by atoms with Gasteiger partial charge in [0.1, 0.15) is 0 Å². The molecule has 2 N–H and O–H groups in total. The fourth-order valence-corrected chi connectivity index (χ4v) is 5.97. The first kappa shape index (κ1) is 27.2. The highest BCUT2D eigenvalue weighted by atomic mass is 19.4. The maximum Gasteiger partial charge on any atom is 0.416 e. The van der Waals surface area contributed by atoms with Gasteiger partial charge in [-0.25, -0.2) is 0 Å². The van der Waals surface area contributed by atoms with E-state index < -0.39 is 11.7 Å². The molecule has 1 fully saturated rings. The van der Waals surface area contributed by atoms with Crippen LogP contribution in [0.4, 0.5) is 13.2 Å². The van der Waals surface area contributed by atoms with E-state index in [1.807, 2.05) is 6.07 Å². The molecular weight excluding hydrogens is 479 g/mol. The van der Waals surface area contributed by atoms with Gasteiger partial charge < -0.3 is 10.4 Å². The molecule has 1 saturated carbocycles. The van der Waals surface area contributed by atoms with E-state index in [1.165, 1.54) is 18.6 Å². The average Bonchev–Trinajstić information content (AvgIpc) is 3.19. The number of pyridine rings is 1. The van der Waals surface area contributed by atoms with Gasteiger partial charge in [-0.05, 0) is 53.5 Å². The molecule has 0 saturated heterocycles. The van der Waals surface area contributed by atoms with Crippen molar-refractivity contribution >= 4 is 5.91 Å². The van der Waals surface area contributed by atoms with E-state index in [2.05, 4.69) is 35.6 Å². The molecule has 4 rings (SSSR count). The fraction of sp³-hybridized carbons (Fsp3) is 0.517. The average molecular weight is 516 g/mol. The standard InChI is InChI=1S/C29H36F3N3O2/c1-19(2)26-25-23(17-35(26)16-21-7-9-24(10-8-21)29(30,31)32)13-22(15-33-25)27(37)34-18-28(14-20(3)36)11-5-4-6-12-28/h7-10,13,15,19,26,36H,3-6,11-12,14,16-18H2,1-2H3,(H,34,37)/t26-/m0/s1. The molecule has 1 aromatic heterocycles. The predicted octanol–water partition coefficient (Wildman–Crippen LogP) is 6.96. The second-order valence-electron chi connectivity index (χ2n) is 11.0. The number of aromatic nitrogens is 1. The van der Waals surface area contributed by atoms with Gasteiger partial charge in [0, 0.05) is 32.3 Å². The zero-order valence-electron chi connectivity index (χ0n) is 21.6. The maximum atomic E-state index is 13.1. The van der Waals surface area contributed by atoms with Crippen molar-refractivity contribution in [2.45, 2.75) is 77.7 Å². The first-order chi connectivity index (χ1) is 17.5. The van der Waals surface area contributed by atoms with Crippen LogP contribution in [0.2, 0.25) is 0 Å². The molecule has 0 spiro atoms. The number of halogens is 3. The largest absolute Gasteiger partial charge is 0.513 e. The molecule has 0 unspecified atom stereocenters. The molecule has 1 atom stereocenters. The van der Waals surface area contributed by atoms with E-state index in [4.69, 9.17) is 0 Å². The van der Waals surface area contributed by atoms with Gasteiger partial charge in [0.25, 0.3) is 5.91 Å². The predicted molar refractivity (Wildman–Crippen MR) is 137 cm³/mol. The van der Waals surface area contributed by atoms with Gasteiger partial charge in [0.15, 0.2) is 0 Å². The van der Waals surface area contributed by atoms with Gasteiger partial charge in [-0.3, -0.25) is 14.7 Å². The molecule has 0 bridgehead atoms. The molecule has 37 heavy (non-hydrogen) atoms. The molecule has 1 aromatic carbocycles. The Bertz CT molecular complexity index is 1120. The number of nitrogens with zero attached hydrogens (tertiary/aromatic N) is 2. The minimum absolute atomic E-state index is 0.00970. The Balaban J connectivity index is 1.46. The van der Waals surface area contributed by atoms with E-state index in [-0.39, 0.29) is 29.0 Å². The monoisotopic (exact) mass is 515 g/mol. The van der Waals surface area contributed by atoms with E-state index in [0.717, 1.165) is 54.6 Å². The Labute approximate surface area is 216 Å². The molecule has 8 heteroatoms. The topological polar surface area (TPSA) is 65.5 Å². The van der Waals surface area contributed by atoms with Crippen LogP contribution in [0, 0.1) is 11.3 Å². The van der Waals surface area contributed by atoms with Crippen LogP contribution >= 0.6 is 0 Å². The van der Waals surface area contributed by atoms with Crippen molar-refractivity contribution in [3.05, 3.63) is 76.8 Å². The number of carbonyl (C=O) groups excluding carboxylic acids is 1. The number of benzene rings is 1. The summed E-state index contributed by atoms with van der Waals surface area (Å²) in [6, 6.07) is 7.19. The van der Waals surface area contributed by atoms with Crippen molar-refractivity contribution in [3.63, 3.8) is 0 Å². The summed E-state index contributed by atoms with van der Waals surface area (Å²) in [6.07, 6.45) is 2.97. The minimum atomic E-state index is -4.35. The molecule has 5 nitrogen and oxygen atoms in total. The third-order valence-corrected chi connectivity index (χ3v) is 7.73. The number of aliphatic hydroxyl groups excluding tert-OH is 1. The summed E-state index contributed by atoms with van der Waals surface area (Å²) in [7, 11) is 0. The van der Waals surface area contributed by atoms with Crippen LogP contribution in [0.3, 0.4) is 0 Å². The van der Waals surface area contributed by atoms with Crippen LogP contribution in [-0.2, 0) is 19.3 Å². The van der Waals surface area contributed by atoms with Crippen molar-refractivity contribution in [1.29, 1.82) is 0 Å². The summed E-state index contributed by atoms with van der Waals surface area (Å²) >= 11 is 0. The van der Waals surface area contributed by atoms with Crippen molar-refractivity contribution in [2.75, 3.05) is 6.54 Å². The van der Waals surface area contributed by atoms with Crippen LogP contribution in [0.25, 0.3) is 0 Å². The summed E-state index contributed by atoms with van der Waals surface area (Å²) in [4.78, 5) is 20.0. The minimum Gasteiger partial charge on any atom is -0.513 e. The summed E-state index contributed by atoms with van der Waals surface area (Å²) in [5.41, 5.74) is 2.36. The van der Waals surface area contributed by atoms with Crippen LogP contribution in [0.1, 0.15) is 91.2 Å².